The molecule has 2 amide bonds. The van der Waals surface area contributed by atoms with Gasteiger partial charge in [0.25, 0.3) is 0 Å². The number of ether oxygens (including phenoxy) is 2. The van der Waals surface area contributed by atoms with Crippen molar-refractivity contribution in [2.24, 2.45) is 0 Å². The Morgan fingerprint density at radius 1 is 1.06 bits per heavy atom. The molecule has 35 heavy (non-hydrogen) atoms. The van der Waals surface area contributed by atoms with E-state index in [1.807, 2.05) is 11.5 Å². The van der Waals surface area contributed by atoms with Crippen LogP contribution in [0.3, 0.4) is 0 Å². The van der Waals surface area contributed by atoms with Gasteiger partial charge in [0.1, 0.15) is 6.61 Å². The van der Waals surface area contributed by atoms with Gasteiger partial charge in [-0.1, -0.05) is 23.9 Å². The van der Waals surface area contributed by atoms with E-state index in [1.54, 1.807) is 56.5 Å². The molecule has 0 spiro atoms. The van der Waals surface area contributed by atoms with Crippen LogP contribution in [0, 0.1) is 5.82 Å². The number of aromatic nitrogens is 3. The summed E-state index contributed by atoms with van der Waals surface area (Å²) >= 11 is 1.24. The molecule has 0 aliphatic carbocycles. The Morgan fingerprint density at radius 3 is 2.34 bits per heavy atom. The Labute approximate surface area is 207 Å². The van der Waals surface area contributed by atoms with Crippen molar-refractivity contribution in [3.63, 3.8) is 0 Å². The van der Waals surface area contributed by atoms with Gasteiger partial charge in [0, 0.05) is 25.4 Å². The van der Waals surface area contributed by atoms with Crippen LogP contribution >= 0.6 is 11.8 Å². The van der Waals surface area contributed by atoms with Crippen LogP contribution in [0.2, 0.25) is 0 Å². The van der Waals surface area contributed by atoms with E-state index in [2.05, 4.69) is 20.8 Å². The fraction of sp³-hybridized carbons (Fsp3) is 0.333. The zero-order valence-electron chi connectivity index (χ0n) is 19.9. The fourth-order valence-corrected chi connectivity index (χ4v) is 4.21. The second-order valence-electron chi connectivity index (χ2n) is 7.80. The summed E-state index contributed by atoms with van der Waals surface area (Å²) in [7, 11) is 1.59. The van der Waals surface area contributed by atoms with Crippen LogP contribution in [0.4, 0.5) is 15.8 Å². The van der Waals surface area contributed by atoms with E-state index in [9.17, 15) is 14.0 Å². The van der Waals surface area contributed by atoms with E-state index in [1.165, 1.54) is 24.8 Å². The zero-order valence-corrected chi connectivity index (χ0v) is 20.8. The molecule has 2 atom stereocenters. The monoisotopic (exact) mass is 501 g/mol. The second kappa shape index (κ2) is 12.3. The van der Waals surface area contributed by atoms with E-state index in [0.29, 0.717) is 29.0 Å². The minimum absolute atomic E-state index is 0.00374. The maximum absolute atomic E-state index is 13.9. The van der Waals surface area contributed by atoms with Crippen molar-refractivity contribution in [1.82, 2.24) is 14.8 Å². The molecule has 1 aromatic heterocycles. The van der Waals surface area contributed by atoms with Crippen LogP contribution in [-0.2, 0) is 20.9 Å². The first-order valence-corrected chi connectivity index (χ1v) is 11.8. The molecule has 0 saturated heterocycles. The maximum atomic E-state index is 13.9. The number of rotatable bonds is 11. The summed E-state index contributed by atoms with van der Waals surface area (Å²) in [5.41, 5.74) is 1.24. The standard InChI is InChI=1S/C24H28FN5O4S/c1-15(13-33-4)30-22(14-34-21-8-6-5-7-20(21)25)28-29-24(30)35-16(2)23(32)27-19-11-9-18(10-12-19)26-17(3)31/h5-12,15-16H,13-14H2,1-4H3,(H,26,31)(H,27,32)/t15-,16+/m1/s1. The zero-order chi connectivity index (χ0) is 25.4. The number of anilines is 2. The molecule has 2 aromatic carbocycles. The molecule has 186 valence electrons. The van der Waals surface area contributed by atoms with Gasteiger partial charge in [-0.15, -0.1) is 10.2 Å². The van der Waals surface area contributed by atoms with Crippen molar-refractivity contribution >= 4 is 35.0 Å². The number of nitrogens with one attached hydrogen (secondary N) is 2. The quantitative estimate of drug-likeness (QED) is 0.378. The Bertz CT molecular complexity index is 1160. The average Bonchev–Trinajstić information content (AvgIpc) is 3.22. The summed E-state index contributed by atoms with van der Waals surface area (Å²) in [4.78, 5) is 23.9. The predicted molar refractivity (Wildman–Crippen MR) is 132 cm³/mol. The molecular weight excluding hydrogens is 473 g/mol. The normalized spacial score (nSPS) is 12.6. The lowest BCUT2D eigenvalue weighted by molar-refractivity contribution is -0.115. The van der Waals surface area contributed by atoms with Crippen LogP contribution in [-0.4, -0.2) is 45.5 Å². The van der Waals surface area contributed by atoms with E-state index in [4.69, 9.17) is 9.47 Å². The minimum atomic E-state index is -0.497. The summed E-state index contributed by atoms with van der Waals surface area (Å²) in [6.45, 7) is 5.52. The van der Waals surface area contributed by atoms with E-state index >= 15 is 0 Å². The first-order valence-electron chi connectivity index (χ1n) is 10.9. The first-order chi connectivity index (χ1) is 16.8. The fourth-order valence-electron chi connectivity index (χ4n) is 3.24. The molecular formula is C24H28FN5O4S. The van der Waals surface area contributed by atoms with E-state index in [-0.39, 0.29) is 30.2 Å². The largest absolute Gasteiger partial charge is 0.483 e. The summed E-state index contributed by atoms with van der Waals surface area (Å²) in [5, 5.41) is 14.0. The number of para-hydroxylation sites is 1. The van der Waals surface area contributed by atoms with Gasteiger partial charge in [0.15, 0.2) is 22.5 Å². The van der Waals surface area contributed by atoms with Crippen molar-refractivity contribution in [3.05, 3.63) is 60.2 Å². The third-order valence-electron chi connectivity index (χ3n) is 4.90. The van der Waals surface area contributed by atoms with Crippen molar-refractivity contribution in [1.29, 1.82) is 0 Å². The summed E-state index contributed by atoms with van der Waals surface area (Å²) in [6.07, 6.45) is 0. The number of amides is 2. The van der Waals surface area contributed by atoms with Gasteiger partial charge < -0.3 is 20.1 Å². The number of hydrogen-bond donors (Lipinski definition) is 2. The molecule has 0 aliphatic heterocycles. The van der Waals surface area contributed by atoms with Crippen LogP contribution < -0.4 is 15.4 Å². The van der Waals surface area contributed by atoms with Crippen molar-refractivity contribution < 1.29 is 23.5 Å². The average molecular weight is 502 g/mol. The lowest BCUT2D eigenvalue weighted by atomic mass is 10.2. The number of thioether (sulfide) groups is 1. The molecule has 0 radical (unpaired) electrons. The van der Waals surface area contributed by atoms with Gasteiger partial charge in [0.2, 0.25) is 11.8 Å². The Kier molecular flexibility index (Phi) is 9.21. The van der Waals surface area contributed by atoms with Gasteiger partial charge in [-0.05, 0) is 50.2 Å². The van der Waals surface area contributed by atoms with Gasteiger partial charge in [0.05, 0.1) is 17.9 Å². The van der Waals surface area contributed by atoms with Gasteiger partial charge >= 0.3 is 0 Å². The molecule has 0 aliphatic rings. The van der Waals surface area contributed by atoms with E-state index < -0.39 is 11.1 Å². The number of nitrogens with zero attached hydrogens (tertiary/aromatic N) is 3. The summed E-state index contributed by atoms with van der Waals surface area (Å²) in [5.74, 6) is -0.249. The lowest BCUT2D eigenvalue weighted by Gasteiger charge is -2.19. The molecule has 11 heteroatoms. The minimum Gasteiger partial charge on any atom is -0.483 e. The van der Waals surface area contributed by atoms with Gasteiger partial charge in [-0.2, -0.15) is 0 Å². The molecule has 3 rings (SSSR count). The number of carbonyl (C=O) groups is 2. The number of hydrogen-bond acceptors (Lipinski definition) is 7. The van der Waals surface area contributed by atoms with Crippen molar-refractivity contribution in [3.8, 4) is 5.75 Å². The molecule has 3 aromatic rings. The molecule has 0 saturated carbocycles. The highest BCUT2D eigenvalue weighted by molar-refractivity contribution is 8.00. The Balaban J connectivity index is 1.70. The smallest absolute Gasteiger partial charge is 0.237 e. The third kappa shape index (κ3) is 7.27. The van der Waals surface area contributed by atoms with Crippen LogP contribution in [0.1, 0.15) is 32.6 Å². The second-order valence-corrected chi connectivity index (χ2v) is 9.11. The topological polar surface area (TPSA) is 107 Å². The molecule has 1 heterocycles. The lowest BCUT2D eigenvalue weighted by Crippen LogP contribution is -2.24. The third-order valence-corrected chi connectivity index (χ3v) is 5.96. The number of carbonyl (C=O) groups excluding carboxylic acids is 2. The van der Waals surface area contributed by atoms with Gasteiger partial charge in [-0.3, -0.25) is 14.2 Å². The van der Waals surface area contributed by atoms with E-state index in [0.717, 1.165) is 0 Å². The molecule has 0 unspecified atom stereocenters. The summed E-state index contributed by atoms with van der Waals surface area (Å²) < 4.78 is 26.7. The highest BCUT2D eigenvalue weighted by Gasteiger charge is 2.23. The van der Waals surface area contributed by atoms with Crippen molar-refractivity contribution in [2.45, 2.75) is 43.8 Å². The van der Waals surface area contributed by atoms with Crippen molar-refractivity contribution in [2.75, 3.05) is 24.4 Å². The highest BCUT2D eigenvalue weighted by Crippen LogP contribution is 2.28. The number of methoxy groups -OCH3 is 1. The van der Waals surface area contributed by atoms with Crippen LogP contribution in [0.15, 0.2) is 53.7 Å². The molecule has 9 nitrogen and oxygen atoms in total. The van der Waals surface area contributed by atoms with Gasteiger partial charge in [-0.25, -0.2) is 4.39 Å². The first kappa shape index (κ1) is 26.2. The summed E-state index contributed by atoms with van der Waals surface area (Å²) in [6, 6.07) is 12.8. The van der Waals surface area contributed by atoms with Crippen LogP contribution in [0.5, 0.6) is 5.75 Å². The van der Waals surface area contributed by atoms with Crippen LogP contribution in [0.25, 0.3) is 0 Å². The molecule has 0 bridgehead atoms. The predicted octanol–water partition coefficient (Wildman–Crippen LogP) is 4.28. The molecule has 2 N–H and O–H groups in total. The number of halogens is 1. The number of benzene rings is 2. The maximum Gasteiger partial charge on any atom is 0.237 e. The SMILES string of the molecule is COC[C@@H](C)n1c(COc2ccccc2F)nnc1S[C@@H](C)C(=O)Nc1ccc(NC(C)=O)cc1. The Morgan fingerprint density at radius 2 is 1.71 bits per heavy atom. The molecule has 0 fully saturated rings. The highest BCUT2D eigenvalue weighted by atomic mass is 32.2. The Hall–Kier alpha value is -3.44.